The Labute approximate surface area is 218 Å². The Morgan fingerprint density at radius 1 is 1.08 bits per heavy atom. The van der Waals surface area contributed by atoms with Crippen LogP contribution < -0.4 is 4.74 Å². The fraction of sp³-hybridized carbons (Fsp3) is 0.581. The van der Waals surface area contributed by atoms with Crippen LogP contribution in [0.3, 0.4) is 0 Å². The molecule has 1 amide bonds. The smallest absolute Gasteiger partial charge is 0.228 e. The van der Waals surface area contributed by atoms with Crippen LogP contribution in [0, 0.1) is 23.2 Å². The zero-order valence-electron chi connectivity index (χ0n) is 21.5. The lowest BCUT2D eigenvalue weighted by atomic mass is 9.43. The lowest BCUT2D eigenvalue weighted by Crippen LogP contribution is -2.72. The van der Waals surface area contributed by atoms with Crippen LogP contribution in [0.5, 0.6) is 11.5 Å². The number of hydrogen-bond acceptors (Lipinski definition) is 5. The van der Waals surface area contributed by atoms with Crippen molar-refractivity contribution < 1.29 is 19.7 Å². The number of fused-ring (bicyclic) bond motifs is 1. The van der Waals surface area contributed by atoms with Gasteiger partial charge in [-0.05, 0) is 80.0 Å². The van der Waals surface area contributed by atoms with Crippen LogP contribution in [0.25, 0.3) is 0 Å². The predicted molar refractivity (Wildman–Crippen MR) is 138 cm³/mol. The van der Waals surface area contributed by atoms with Gasteiger partial charge in [0.2, 0.25) is 5.91 Å². The number of piperidine rings is 1. The van der Waals surface area contributed by atoms with Gasteiger partial charge in [0.15, 0.2) is 11.5 Å². The molecule has 2 saturated heterocycles. The van der Waals surface area contributed by atoms with Crippen LogP contribution in [-0.4, -0.2) is 57.9 Å². The first kappa shape index (κ1) is 22.4. The lowest BCUT2D eigenvalue weighted by Gasteiger charge is -2.67. The summed E-state index contributed by atoms with van der Waals surface area (Å²) in [7, 11) is 1.61. The van der Waals surface area contributed by atoms with Crippen LogP contribution in [0.15, 0.2) is 42.5 Å². The largest absolute Gasteiger partial charge is 0.504 e. The molecule has 4 aliphatic carbocycles. The van der Waals surface area contributed by atoms with Gasteiger partial charge in [0.1, 0.15) is 5.72 Å². The van der Waals surface area contributed by atoms with Crippen molar-refractivity contribution in [1.29, 1.82) is 0 Å². The third-order valence-corrected chi connectivity index (χ3v) is 11.4. The Morgan fingerprint density at radius 3 is 2.65 bits per heavy atom. The molecule has 2 N–H and O–H groups in total. The monoisotopic (exact) mass is 500 g/mol. The average Bonchev–Trinajstić information content (AvgIpc) is 3.64. The second-order valence-corrected chi connectivity index (χ2v) is 12.8. The average molecular weight is 501 g/mol. The van der Waals surface area contributed by atoms with E-state index in [4.69, 9.17) is 4.74 Å². The summed E-state index contributed by atoms with van der Waals surface area (Å²) in [5.41, 5.74) is 1.47. The van der Waals surface area contributed by atoms with Gasteiger partial charge in [-0.2, -0.15) is 0 Å². The number of aliphatic hydroxyl groups is 1. The zero-order valence-corrected chi connectivity index (χ0v) is 21.5. The van der Waals surface area contributed by atoms with E-state index >= 15 is 0 Å². The molecule has 37 heavy (non-hydrogen) atoms. The molecule has 2 aromatic rings. The summed E-state index contributed by atoms with van der Waals surface area (Å²) in [6.07, 6.45) is 6.74. The molecule has 8 rings (SSSR count). The first-order chi connectivity index (χ1) is 17.9. The highest BCUT2D eigenvalue weighted by Crippen LogP contribution is 2.78. The molecular weight excluding hydrogens is 464 g/mol. The molecule has 6 nitrogen and oxygen atoms in total. The summed E-state index contributed by atoms with van der Waals surface area (Å²) in [4.78, 5) is 18.7. The van der Waals surface area contributed by atoms with Gasteiger partial charge in [0.25, 0.3) is 0 Å². The van der Waals surface area contributed by atoms with Crippen LogP contribution >= 0.6 is 0 Å². The molecule has 2 aromatic carbocycles. The Kier molecular flexibility index (Phi) is 4.42. The fourth-order valence-electron chi connectivity index (χ4n) is 10.0. The van der Waals surface area contributed by atoms with Gasteiger partial charge >= 0.3 is 0 Å². The third kappa shape index (κ3) is 2.61. The van der Waals surface area contributed by atoms with Crippen molar-refractivity contribution in [1.82, 2.24) is 9.80 Å². The van der Waals surface area contributed by atoms with Crippen LogP contribution in [-0.2, 0) is 23.2 Å². The number of likely N-dealkylation sites (tertiary alicyclic amines) is 2. The van der Waals surface area contributed by atoms with Crippen molar-refractivity contribution in [2.24, 2.45) is 23.2 Å². The Morgan fingerprint density at radius 2 is 1.89 bits per heavy atom. The quantitative estimate of drug-likeness (QED) is 0.653. The Bertz CT molecular complexity index is 1290. The van der Waals surface area contributed by atoms with Gasteiger partial charge < -0.3 is 19.8 Å². The number of phenolic OH excluding ortho intramolecular Hbond substituents is 1. The summed E-state index contributed by atoms with van der Waals surface area (Å²) >= 11 is 0. The number of benzene rings is 2. The van der Waals surface area contributed by atoms with E-state index in [0.29, 0.717) is 24.8 Å². The maximum Gasteiger partial charge on any atom is 0.228 e. The lowest BCUT2D eigenvalue weighted by molar-refractivity contribution is -0.208. The number of aromatic hydroxyl groups is 1. The molecular formula is C31H36N2O4. The van der Waals surface area contributed by atoms with E-state index in [-0.39, 0.29) is 28.9 Å². The minimum Gasteiger partial charge on any atom is -0.504 e. The number of rotatable bonds is 5. The molecule has 2 heterocycles. The molecule has 194 valence electrons. The molecule has 6 atom stereocenters. The van der Waals surface area contributed by atoms with Gasteiger partial charge in [-0.25, -0.2) is 0 Å². The summed E-state index contributed by atoms with van der Waals surface area (Å²) in [6.45, 7) is 2.54. The molecule has 4 bridgehead atoms. The summed E-state index contributed by atoms with van der Waals surface area (Å²) in [5.74, 6) is 1.21. The number of phenols is 1. The van der Waals surface area contributed by atoms with Gasteiger partial charge in [0, 0.05) is 41.9 Å². The van der Waals surface area contributed by atoms with E-state index in [2.05, 4.69) is 11.0 Å². The van der Waals surface area contributed by atoms with Gasteiger partial charge in [-0.3, -0.25) is 9.69 Å². The van der Waals surface area contributed by atoms with Gasteiger partial charge in [0.05, 0.1) is 7.11 Å². The number of nitrogens with zero attached hydrogens (tertiary/aromatic N) is 2. The van der Waals surface area contributed by atoms with Crippen molar-refractivity contribution in [2.45, 2.75) is 68.7 Å². The minimum atomic E-state index is -1.20. The molecule has 2 aliphatic heterocycles. The highest BCUT2D eigenvalue weighted by molar-refractivity contribution is 5.85. The van der Waals surface area contributed by atoms with Gasteiger partial charge in [-0.1, -0.05) is 36.4 Å². The van der Waals surface area contributed by atoms with Crippen molar-refractivity contribution in [3.8, 4) is 11.5 Å². The van der Waals surface area contributed by atoms with E-state index in [9.17, 15) is 15.0 Å². The van der Waals surface area contributed by atoms with Gasteiger partial charge in [-0.15, -0.1) is 0 Å². The summed E-state index contributed by atoms with van der Waals surface area (Å²) in [6, 6.07) is 14.4. The third-order valence-electron chi connectivity index (χ3n) is 11.4. The maximum absolute atomic E-state index is 14.2. The van der Waals surface area contributed by atoms with E-state index < -0.39 is 11.1 Å². The molecule has 6 aliphatic rings. The first-order valence-corrected chi connectivity index (χ1v) is 14.1. The molecule has 5 fully saturated rings. The first-order valence-electron chi connectivity index (χ1n) is 14.1. The molecule has 0 spiro atoms. The number of carbonyl (C=O) groups is 1. The minimum absolute atomic E-state index is 0.0996. The highest BCUT2D eigenvalue weighted by atomic mass is 16.5. The second-order valence-electron chi connectivity index (χ2n) is 12.8. The molecule has 3 saturated carbocycles. The Hall–Kier alpha value is -2.57. The van der Waals surface area contributed by atoms with E-state index in [0.717, 1.165) is 55.8 Å². The van der Waals surface area contributed by atoms with E-state index in [1.807, 2.05) is 36.4 Å². The fourth-order valence-corrected chi connectivity index (χ4v) is 10.0. The standard InChI is InChI=1S/C31H36N2O4/c1-37-23-10-9-21-15-24-29-11-12-31(36)27(22(16-29)28(35)33(31)18-19-5-3-2-4-6-19)30(29,25(21)26(23)34)13-14-32(24)17-20-7-8-20/h2-6,9-10,20,22,24,27,34,36H,7-8,11-18H2,1H3/t22-,24?,27?,29?,30?,31?/m0/s1. The van der Waals surface area contributed by atoms with Crippen molar-refractivity contribution >= 4 is 5.91 Å². The second kappa shape index (κ2) is 7.29. The topological polar surface area (TPSA) is 73.2 Å². The number of amides is 1. The normalized spacial score (nSPS) is 39.5. The molecule has 0 radical (unpaired) electrons. The van der Waals surface area contributed by atoms with E-state index in [1.165, 1.54) is 18.4 Å². The number of carbonyl (C=O) groups excluding carboxylic acids is 1. The highest BCUT2D eigenvalue weighted by Gasteiger charge is 2.82. The van der Waals surface area contributed by atoms with Crippen molar-refractivity contribution in [3.63, 3.8) is 0 Å². The number of methoxy groups -OCH3 is 1. The predicted octanol–water partition coefficient (Wildman–Crippen LogP) is 3.83. The SMILES string of the molecule is COc1ccc2c(c1O)C13CCN(CC4CC4)C(C2)C12CCC1(O)C3[C@H](C2)C(=O)N1Cc1ccccc1. The Balaban J connectivity index is 1.32. The number of ether oxygens (including phenoxy) is 1. The molecule has 6 heteroatoms. The molecule has 0 aromatic heterocycles. The zero-order chi connectivity index (χ0) is 25.2. The number of hydrogen-bond donors (Lipinski definition) is 2. The molecule has 5 unspecified atom stereocenters. The summed E-state index contributed by atoms with van der Waals surface area (Å²) in [5, 5.41) is 24.3. The van der Waals surface area contributed by atoms with Crippen molar-refractivity contribution in [3.05, 3.63) is 59.2 Å². The van der Waals surface area contributed by atoms with Crippen LogP contribution in [0.4, 0.5) is 0 Å². The van der Waals surface area contributed by atoms with E-state index in [1.54, 1.807) is 12.0 Å². The summed E-state index contributed by atoms with van der Waals surface area (Å²) < 4.78 is 5.61. The van der Waals surface area contributed by atoms with Crippen molar-refractivity contribution in [2.75, 3.05) is 20.2 Å². The van der Waals surface area contributed by atoms with Crippen LogP contribution in [0.2, 0.25) is 0 Å². The maximum atomic E-state index is 14.2. The van der Waals surface area contributed by atoms with Crippen LogP contribution in [0.1, 0.15) is 55.2 Å².